The van der Waals surface area contributed by atoms with Crippen LogP contribution in [-0.4, -0.2) is 37.9 Å². The molecule has 14 heavy (non-hydrogen) atoms. The van der Waals surface area contributed by atoms with Crippen molar-refractivity contribution in [1.82, 2.24) is 10.2 Å². The zero-order chi connectivity index (χ0) is 10.8. The van der Waals surface area contributed by atoms with Crippen LogP contribution in [0.25, 0.3) is 0 Å². The van der Waals surface area contributed by atoms with E-state index in [1.165, 1.54) is 13.1 Å². The summed E-state index contributed by atoms with van der Waals surface area (Å²) in [6.45, 7) is 1.53. The topological polar surface area (TPSA) is 86.2 Å². The van der Waals surface area contributed by atoms with Crippen molar-refractivity contribution in [3.63, 3.8) is 0 Å². The Morgan fingerprint density at radius 3 is 2.93 bits per heavy atom. The molecule has 78 valence electrons. The van der Waals surface area contributed by atoms with Crippen LogP contribution in [0.3, 0.4) is 0 Å². The quantitative estimate of drug-likeness (QED) is 0.648. The summed E-state index contributed by atoms with van der Waals surface area (Å²) >= 11 is 5.51. The number of carbonyl (C=O) groups is 1. The first-order chi connectivity index (χ1) is 6.46. The SMILES string of the molecule is C[C@](O)(CCl)Cc1[nH]ncc1C(=O)O. The van der Waals surface area contributed by atoms with Gasteiger partial charge in [-0.25, -0.2) is 4.79 Å². The summed E-state index contributed by atoms with van der Waals surface area (Å²) in [6, 6.07) is 0. The van der Waals surface area contributed by atoms with E-state index >= 15 is 0 Å². The molecule has 0 fully saturated rings. The van der Waals surface area contributed by atoms with Crippen molar-refractivity contribution in [3.05, 3.63) is 17.5 Å². The van der Waals surface area contributed by atoms with Crippen molar-refractivity contribution < 1.29 is 15.0 Å². The number of nitrogens with one attached hydrogen (secondary N) is 1. The number of carboxylic acids is 1. The van der Waals surface area contributed by atoms with Gasteiger partial charge in [-0.15, -0.1) is 11.6 Å². The molecular weight excluding hydrogens is 208 g/mol. The third kappa shape index (κ3) is 2.46. The van der Waals surface area contributed by atoms with Gasteiger partial charge in [-0.1, -0.05) is 0 Å². The molecule has 0 aliphatic rings. The van der Waals surface area contributed by atoms with E-state index in [4.69, 9.17) is 16.7 Å². The molecule has 1 rings (SSSR count). The highest BCUT2D eigenvalue weighted by molar-refractivity contribution is 6.18. The second-order valence-electron chi connectivity index (χ2n) is 3.37. The van der Waals surface area contributed by atoms with Crippen LogP contribution in [0.4, 0.5) is 0 Å². The Labute approximate surface area is 85.7 Å². The molecule has 0 amide bonds. The summed E-state index contributed by atoms with van der Waals surface area (Å²) in [5.41, 5.74) is -0.684. The number of nitrogens with zero attached hydrogens (tertiary/aromatic N) is 1. The van der Waals surface area contributed by atoms with Crippen molar-refractivity contribution in [2.24, 2.45) is 0 Å². The summed E-state index contributed by atoms with van der Waals surface area (Å²) in [5, 5.41) is 24.5. The zero-order valence-electron chi connectivity index (χ0n) is 7.62. The zero-order valence-corrected chi connectivity index (χ0v) is 8.38. The predicted octanol–water partition coefficient (Wildman–Crippen LogP) is 0.640. The molecule has 0 spiro atoms. The normalized spacial score (nSPS) is 15.1. The van der Waals surface area contributed by atoms with Gasteiger partial charge in [0.25, 0.3) is 0 Å². The fraction of sp³-hybridized carbons (Fsp3) is 0.500. The molecule has 0 aliphatic heterocycles. The maximum Gasteiger partial charge on any atom is 0.339 e. The molecule has 1 aromatic rings. The Bertz CT molecular complexity index is 335. The van der Waals surface area contributed by atoms with Crippen molar-refractivity contribution in [2.45, 2.75) is 18.9 Å². The van der Waals surface area contributed by atoms with Crippen molar-refractivity contribution in [2.75, 3.05) is 5.88 Å². The van der Waals surface area contributed by atoms with Gasteiger partial charge in [-0.2, -0.15) is 5.10 Å². The number of alkyl halides is 1. The second kappa shape index (κ2) is 3.98. The first kappa shape index (κ1) is 11.0. The second-order valence-corrected chi connectivity index (χ2v) is 3.64. The van der Waals surface area contributed by atoms with Gasteiger partial charge < -0.3 is 10.2 Å². The number of aromatic nitrogens is 2. The Morgan fingerprint density at radius 1 is 1.79 bits per heavy atom. The van der Waals surface area contributed by atoms with Crippen LogP contribution < -0.4 is 0 Å². The molecule has 0 saturated carbocycles. The predicted molar refractivity (Wildman–Crippen MR) is 50.6 cm³/mol. The molecule has 0 saturated heterocycles. The molecule has 5 nitrogen and oxygen atoms in total. The summed E-state index contributed by atoms with van der Waals surface area (Å²) in [4.78, 5) is 10.7. The van der Waals surface area contributed by atoms with Crippen molar-refractivity contribution in [1.29, 1.82) is 0 Å². The maximum absolute atomic E-state index is 10.7. The minimum Gasteiger partial charge on any atom is -0.478 e. The third-order valence-corrected chi connectivity index (χ3v) is 2.37. The van der Waals surface area contributed by atoms with Gasteiger partial charge >= 0.3 is 5.97 Å². The summed E-state index contributed by atoms with van der Waals surface area (Å²) in [5.74, 6) is -1.04. The number of carboxylic acid groups (broad SMARTS) is 1. The van der Waals surface area contributed by atoms with E-state index in [0.717, 1.165) is 0 Å². The van der Waals surface area contributed by atoms with E-state index in [-0.39, 0.29) is 17.9 Å². The monoisotopic (exact) mass is 218 g/mol. The van der Waals surface area contributed by atoms with Gasteiger partial charge in [0.1, 0.15) is 5.56 Å². The summed E-state index contributed by atoms with van der Waals surface area (Å²) in [7, 11) is 0. The largest absolute Gasteiger partial charge is 0.478 e. The van der Waals surface area contributed by atoms with Gasteiger partial charge in [-0.05, 0) is 6.92 Å². The van der Waals surface area contributed by atoms with Crippen LogP contribution in [-0.2, 0) is 6.42 Å². The fourth-order valence-electron chi connectivity index (χ4n) is 1.06. The molecule has 0 aliphatic carbocycles. The molecule has 0 unspecified atom stereocenters. The van der Waals surface area contributed by atoms with E-state index in [1.54, 1.807) is 0 Å². The van der Waals surface area contributed by atoms with E-state index in [1.807, 2.05) is 0 Å². The molecule has 6 heteroatoms. The first-order valence-corrected chi connectivity index (χ1v) is 4.53. The number of aromatic amines is 1. The minimum absolute atomic E-state index is 0.0328. The van der Waals surface area contributed by atoms with Crippen molar-refractivity contribution in [3.8, 4) is 0 Å². The number of aliphatic hydroxyl groups is 1. The van der Waals surface area contributed by atoms with Crippen LogP contribution >= 0.6 is 11.6 Å². The molecule has 1 aromatic heterocycles. The molecule has 1 atom stereocenters. The molecular formula is C8H11ClN2O3. The lowest BCUT2D eigenvalue weighted by atomic mass is 10.0. The highest BCUT2D eigenvalue weighted by atomic mass is 35.5. The molecule has 3 N–H and O–H groups in total. The molecule has 0 bridgehead atoms. The van der Waals surface area contributed by atoms with Crippen molar-refractivity contribution >= 4 is 17.6 Å². The van der Waals surface area contributed by atoms with Gasteiger partial charge in [0.05, 0.1) is 23.4 Å². The summed E-state index contributed by atoms with van der Waals surface area (Å²) < 4.78 is 0. The van der Waals surface area contributed by atoms with Gasteiger partial charge in [0, 0.05) is 6.42 Å². The van der Waals surface area contributed by atoms with Crippen LogP contribution in [0.1, 0.15) is 23.0 Å². The Morgan fingerprint density at radius 2 is 2.43 bits per heavy atom. The summed E-state index contributed by atoms with van der Waals surface area (Å²) in [6.07, 6.45) is 1.35. The van der Waals surface area contributed by atoms with Gasteiger partial charge in [0.15, 0.2) is 0 Å². The number of halogens is 1. The highest BCUT2D eigenvalue weighted by Gasteiger charge is 2.24. The molecule has 0 radical (unpaired) electrons. The Hall–Kier alpha value is -1.07. The highest BCUT2D eigenvalue weighted by Crippen LogP contribution is 2.15. The smallest absolute Gasteiger partial charge is 0.339 e. The Balaban J connectivity index is 2.86. The van der Waals surface area contributed by atoms with E-state index in [9.17, 15) is 9.90 Å². The van der Waals surface area contributed by atoms with Crippen LogP contribution in [0, 0.1) is 0 Å². The van der Waals surface area contributed by atoms with Crippen LogP contribution in [0.15, 0.2) is 6.20 Å². The average molecular weight is 219 g/mol. The van der Waals surface area contributed by atoms with E-state index in [2.05, 4.69) is 10.2 Å². The number of hydrogen-bond acceptors (Lipinski definition) is 3. The molecule has 1 heterocycles. The lowest BCUT2D eigenvalue weighted by molar-refractivity contribution is 0.0687. The van der Waals surface area contributed by atoms with Gasteiger partial charge in [0.2, 0.25) is 0 Å². The Kier molecular flexibility index (Phi) is 3.13. The third-order valence-electron chi connectivity index (χ3n) is 1.79. The number of H-pyrrole nitrogens is 1. The van der Waals surface area contributed by atoms with Gasteiger partial charge in [-0.3, -0.25) is 5.10 Å². The minimum atomic E-state index is -1.13. The van der Waals surface area contributed by atoms with Crippen LogP contribution in [0.5, 0.6) is 0 Å². The van der Waals surface area contributed by atoms with Crippen LogP contribution in [0.2, 0.25) is 0 Å². The number of hydrogen-bond donors (Lipinski definition) is 3. The maximum atomic E-state index is 10.7. The molecule has 0 aromatic carbocycles. The fourth-order valence-corrected chi connectivity index (χ4v) is 1.15. The standard InChI is InChI=1S/C8H11ClN2O3/c1-8(14,4-9)2-6-5(7(12)13)3-10-11-6/h3,14H,2,4H2,1H3,(H,10,11)(H,12,13)/t8-/m1/s1. The lowest BCUT2D eigenvalue weighted by Gasteiger charge is -2.18. The lowest BCUT2D eigenvalue weighted by Crippen LogP contribution is -2.30. The first-order valence-electron chi connectivity index (χ1n) is 4.00. The number of rotatable bonds is 4. The average Bonchev–Trinajstić information content (AvgIpc) is 2.51. The van der Waals surface area contributed by atoms with E-state index in [0.29, 0.717) is 5.69 Å². The number of aromatic carboxylic acids is 1. The van der Waals surface area contributed by atoms with E-state index < -0.39 is 11.6 Å².